The van der Waals surface area contributed by atoms with Crippen molar-refractivity contribution in [2.75, 3.05) is 11.1 Å². The first-order valence-corrected chi connectivity index (χ1v) is 9.75. The van der Waals surface area contributed by atoms with E-state index >= 15 is 0 Å². The molecule has 0 radical (unpaired) electrons. The maximum atomic E-state index is 12.3. The topological polar surface area (TPSA) is 51.1 Å². The Hall–Kier alpha value is -2.53. The third-order valence-corrected chi connectivity index (χ3v) is 5.36. The molecule has 4 nitrogen and oxygen atoms in total. The van der Waals surface area contributed by atoms with Crippen LogP contribution in [0.1, 0.15) is 19.4 Å². The number of hydrogen-bond acceptors (Lipinski definition) is 3. The average Bonchev–Trinajstić information content (AvgIpc) is 2.67. The number of aromatic nitrogens is 1. The van der Waals surface area contributed by atoms with E-state index < -0.39 is 0 Å². The molecule has 1 aromatic heterocycles. The van der Waals surface area contributed by atoms with E-state index in [-0.39, 0.29) is 17.2 Å². The van der Waals surface area contributed by atoms with Crippen LogP contribution in [-0.2, 0) is 17.8 Å². The van der Waals surface area contributed by atoms with E-state index in [0.717, 1.165) is 27.9 Å². The van der Waals surface area contributed by atoms with Crippen LogP contribution in [0.25, 0.3) is 10.9 Å². The fraction of sp³-hybridized carbons (Fsp3) is 0.238. The van der Waals surface area contributed by atoms with Gasteiger partial charge in [-0.25, -0.2) is 0 Å². The Labute approximate surface area is 157 Å². The number of aryl methyl sites for hydroxylation is 2. The maximum Gasteiger partial charge on any atom is 0.252 e. The lowest BCUT2D eigenvalue weighted by Gasteiger charge is -2.12. The number of fused-ring (bicyclic) bond motifs is 1. The van der Waals surface area contributed by atoms with Gasteiger partial charge in [-0.2, -0.15) is 0 Å². The lowest BCUT2D eigenvalue weighted by atomic mass is 10.1. The van der Waals surface area contributed by atoms with Gasteiger partial charge in [-0.1, -0.05) is 37.3 Å². The number of carbonyl (C=O) groups excluding carboxylic acids is 1. The highest BCUT2D eigenvalue weighted by Crippen LogP contribution is 2.26. The molecule has 2 aromatic carbocycles. The van der Waals surface area contributed by atoms with Gasteiger partial charge in [0.15, 0.2) is 0 Å². The number of anilines is 1. The van der Waals surface area contributed by atoms with Gasteiger partial charge < -0.3 is 9.88 Å². The third-order valence-electron chi connectivity index (χ3n) is 4.30. The van der Waals surface area contributed by atoms with Gasteiger partial charge in [0.1, 0.15) is 0 Å². The molecule has 0 bridgehead atoms. The zero-order chi connectivity index (χ0) is 18.5. The molecule has 0 fully saturated rings. The molecule has 0 saturated heterocycles. The summed E-state index contributed by atoms with van der Waals surface area (Å²) in [7, 11) is 0. The van der Waals surface area contributed by atoms with Crippen molar-refractivity contribution < 1.29 is 4.79 Å². The van der Waals surface area contributed by atoms with Crippen LogP contribution in [0.2, 0.25) is 0 Å². The van der Waals surface area contributed by atoms with Gasteiger partial charge in [-0.05, 0) is 37.1 Å². The molecule has 0 saturated carbocycles. The molecule has 0 spiro atoms. The summed E-state index contributed by atoms with van der Waals surface area (Å²) in [6.07, 6.45) is 0.973. The fourth-order valence-electron chi connectivity index (χ4n) is 2.91. The number of nitrogens with zero attached hydrogens (tertiary/aromatic N) is 1. The number of pyridine rings is 1. The molecule has 0 aliphatic carbocycles. The predicted molar refractivity (Wildman–Crippen MR) is 109 cm³/mol. The second-order valence-electron chi connectivity index (χ2n) is 6.00. The van der Waals surface area contributed by atoms with E-state index in [1.165, 1.54) is 17.3 Å². The van der Waals surface area contributed by atoms with E-state index in [1.807, 2.05) is 55.5 Å². The molecule has 3 rings (SSSR count). The molecule has 1 N–H and O–H groups in total. The number of para-hydroxylation sites is 1. The Morgan fingerprint density at radius 1 is 1.08 bits per heavy atom. The molecular weight excluding hydrogens is 344 g/mol. The minimum Gasteiger partial charge on any atom is -0.325 e. The highest BCUT2D eigenvalue weighted by molar-refractivity contribution is 8.00. The molecule has 0 unspecified atom stereocenters. The van der Waals surface area contributed by atoms with Crippen LogP contribution in [0, 0.1) is 0 Å². The number of hydrogen-bond donors (Lipinski definition) is 1. The number of benzene rings is 2. The van der Waals surface area contributed by atoms with Gasteiger partial charge in [0.25, 0.3) is 5.56 Å². The van der Waals surface area contributed by atoms with Crippen molar-refractivity contribution >= 4 is 34.3 Å². The van der Waals surface area contributed by atoms with Gasteiger partial charge in [-0.15, -0.1) is 11.8 Å². The van der Waals surface area contributed by atoms with Gasteiger partial charge >= 0.3 is 0 Å². The molecule has 0 aliphatic rings. The summed E-state index contributed by atoms with van der Waals surface area (Å²) in [6.45, 7) is 4.68. The molecular formula is C21H22N2O2S. The summed E-state index contributed by atoms with van der Waals surface area (Å²) in [5, 5.41) is 3.90. The normalized spacial score (nSPS) is 10.8. The fourth-order valence-corrected chi connectivity index (χ4v) is 3.78. The Bertz CT molecular complexity index is 977. The van der Waals surface area contributed by atoms with Crippen molar-refractivity contribution in [3.05, 3.63) is 70.5 Å². The second kappa shape index (κ2) is 8.23. The smallest absolute Gasteiger partial charge is 0.252 e. The zero-order valence-electron chi connectivity index (χ0n) is 15.0. The van der Waals surface area contributed by atoms with Crippen molar-refractivity contribution in [1.82, 2.24) is 4.57 Å². The van der Waals surface area contributed by atoms with E-state index in [2.05, 4.69) is 12.2 Å². The minimum absolute atomic E-state index is 0.0377. The highest BCUT2D eigenvalue weighted by Gasteiger charge is 2.10. The van der Waals surface area contributed by atoms with Crippen LogP contribution in [0.3, 0.4) is 0 Å². The summed E-state index contributed by atoms with van der Waals surface area (Å²) in [5.41, 5.74) is 2.89. The first-order chi connectivity index (χ1) is 12.6. The number of carbonyl (C=O) groups is 1. The summed E-state index contributed by atoms with van der Waals surface area (Å²) in [6, 6.07) is 17.3. The lowest BCUT2D eigenvalue weighted by molar-refractivity contribution is -0.113. The molecule has 0 aliphatic heterocycles. The SMILES string of the molecule is CCc1ccc(NC(=O)CSc2cc(=O)n(CC)c3ccccc23)cc1. The van der Waals surface area contributed by atoms with E-state index in [1.54, 1.807) is 10.6 Å². The van der Waals surface area contributed by atoms with Gasteiger partial charge in [0.05, 0.1) is 11.3 Å². The molecule has 1 amide bonds. The quantitative estimate of drug-likeness (QED) is 0.661. The van der Waals surface area contributed by atoms with Crippen LogP contribution in [0.15, 0.2) is 64.3 Å². The van der Waals surface area contributed by atoms with Crippen molar-refractivity contribution in [2.45, 2.75) is 31.7 Å². The first kappa shape index (κ1) is 18.3. The molecule has 5 heteroatoms. The number of amides is 1. The Morgan fingerprint density at radius 3 is 2.50 bits per heavy atom. The summed E-state index contributed by atoms with van der Waals surface area (Å²) >= 11 is 1.39. The number of rotatable bonds is 6. The molecule has 26 heavy (non-hydrogen) atoms. The maximum absolute atomic E-state index is 12.3. The number of nitrogens with one attached hydrogen (secondary N) is 1. The molecule has 3 aromatic rings. The van der Waals surface area contributed by atoms with Crippen LogP contribution >= 0.6 is 11.8 Å². The summed E-state index contributed by atoms with van der Waals surface area (Å²) < 4.78 is 1.74. The van der Waals surface area contributed by atoms with Gasteiger partial charge in [0.2, 0.25) is 5.91 Å². The molecule has 134 valence electrons. The predicted octanol–water partition coefficient (Wildman–Crippen LogP) is 4.31. The minimum atomic E-state index is -0.0806. The largest absolute Gasteiger partial charge is 0.325 e. The monoisotopic (exact) mass is 366 g/mol. The van der Waals surface area contributed by atoms with Crippen molar-refractivity contribution in [3.8, 4) is 0 Å². The molecule has 1 heterocycles. The van der Waals surface area contributed by atoms with Crippen LogP contribution in [0.4, 0.5) is 5.69 Å². The van der Waals surface area contributed by atoms with Gasteiger partial charge in [0, 0.05) is 28.6 Å². The highest BCUT2D eigenvalue weighted by atomic mass is 32.2. The van der Waals surface area contributed by atoms with Crippen LogP contribution in [0.5, 0.6) is 0 Å². The Balaban J connectivity index is 1.75. The summed E-state index contributed by atoms with van der Waals surface area (Å²) in [4.78, 5) is 25.4. The number of thioether (sulfide) groups is 1. The van der Waals surface area contributed by atoms with Crippen molar-refractivity contribution in [3.63, 3.8) is 0 Å². The van der Waals surface area contributed by atoms with Crippen molar-refractivity contribution in [2.24, 2.45) is 0 Å². The Morgan fingerprint density at radius 2 is 1.81 bits per heavy atom. The Kier molecular flexibility index (Phi) is 5.78. The molecule has 0 atom stereocenters. The lowest BCUT2D eigenvalue weighted by Crippen LogP contribution is -2.19. The van der Waals surface area contributed by atoms with E-state index in [4.69, 9.17) is 0 Å². The van der Waals surface area contributed by atoms with Gasteiger partial charge in [-0.3, -0.25) is 9.59 Å². The van der Waals surface area contributed by atoms with E-state index in [0.29, 0.717) is 6.54 Å². The van der Waals surface area contributed by atoms with E-state index in [9.17, 15) is 9.59 Å². The third kappa shape index (κ3) is 3.99. The first-order valence-electron chi connectivity index (χ1n) is 8.76. The zero-order valence-corrected chi connectivity index (χ0v) is 15.8. The average molecular weight is 366 g/mol. The van der Waals surface area contributed by atoms with Crippen LogP contribution in [-0.4, -0.2) is 16.2 Å². The summed E-state index contributed by atoms with van der Waals surface area (Å²) in [5.74, 6) is 0.178. The second-order valence-corrected chi connectivity index (χ2v) is 7.01. The van der Waals surface area contributed by atoms with Crippen LogP contribution < -0.4 is 10.9 Å². The standard InChI is InChI=1S/C21H22N2O2S/c1-3-15-9-11-16(12-10-15)22-20(24)14-26-19-13-21(25)23(4-2)18-8-6-5-7-17(18)19/h5-13H,3-4,14H2,1-2H3,(H,22,24). The van der Waals surface area contributed by atoms with Crippen molar-refractivity contribution in [1.29, 1.82) is 0 Å².